The van der Waals surface area contributed by atoms with E-state index in [2.05, 4.69) is 6.92 Å². The van der Waals surface area contributed by atoms with Crippen LogP contribution in [0.25, 0.3) is 0 Å². The molecule has 6 nitrogen and oxygen atoms in total. The van der Waals surface area contributed by atoms with Crippen LogP contribution in [0.5, 0.6) is 0 Å². The normalized spacial score (nSPS) is 31.0. The zero-order chi connectivity index (χ0) is 20.4. The molecule has 0 radical (unpaired) electrons. The lowest BCUT2D eigenvalue weighted by atomic mass is 9.60. The highest BCUT2D eigenvalue weighted by molar-refractivity contribution is 5.90. The van der Waals surface area contributed by atoms with Crippen molar-refractivity contribution < 1.29 is 28.2 Å². The van der Waals surface area contributed by atoms with Crippen LogP contribution in [0, 0.1) is 5.41 Å². The Bertz CT molecular complexity index is 712. The van der Waals surface area contributed by atoms with E-state index in [0.29, 0.717) is 32.8 Å². The molecule has 0 amide bonds. The van der Waals surface area contributed by atoms with Crippen LogP contribution in [0.1, 0.15) is 64.1 Å². The first-order valence-corrected chi connectivity index (χ1v) is 10.8. The second-order valence-electron chi connectivity index (χ2n) is 8.74. The third-order valence-electron chi connectivity index (χ3n) is 6.79. The number of rotatable bonds is 7. The van der Waals surface area contributed by atoms with Gasteiger partial charge in [0, 0.05) is 30.6 Å². The van der Waals surface area contributed by atoms with Crippen LogP contribution < -0.4 is 0 Å². The number of ether oxygens (including phenoxy) is 4. The van der Waals surface area contributed by atoms with Gasteiger partial charge in [0.2, 0.25) is 0 Å². The van der Waals surface area contributed by atoms with Crippen LogP contribution >= 0.6 is 0 Å². The van der Waals surface area contributed by atoms with Gasteiger partial charge >= 0.3 is 0 Å². The van der Waals surface area contributed by atoms with E-state index >= 15 is 0 Å². The Morgan fingerprint density at radius 3 is 2.55 bits per heavy atom. The van der Waals surface area contributed by atoms with Crippen molar-refractivity contribution in [3.05, 3.63) is 36.3 Å². The summed E-state index contributed by atoms with van der Waals surface area (Å²) in [5.74, 6) is -0.164. The Morgan fingerprint density at radius 1 is 1.14 bits per heavy atom. The molecule has 1 spiro atoms. The summed E-state index contributed by atoms with van der Waals surface area (Å²) in [4.78, 5) is 13.0. The maximum atomic E-state index is 13.0. The van der Waals surface area contributed by atoms with E-state index in [1.807, 2.05) is 25.1 Å². The number of hydrogen-bond donors (Lipinski definition) is 0. The monoisotopic (exact) mass is 404 g/mol. The Morgan fingerprint density at radius 2 is 1.86 bits per heavy atom. The van der Waals surface area contributed by atoms with Gasteiger partial charge in [0.1, 0.15) is 5.76 Å². The van der Waals surface area contributed by atoms with Crippen molar-refractivity contribution in [3.8, 4) is 0 Å². The van der Waals surface area contributed by atoms with E-state index < -0.39 is 17.0 Å². The largest absolute Gasteiger partial charge is 0.469 e. The van der Waals surface area contributed by atoms with Gasteiger partial charge in [-0.15, -0.1) is 0 Å². The van der Waals surface area contributed by atoms with Crippen molar-refractivity contribution in [1.82, 2.24) is 0 Å². The molecule has 2 aliphatic heterocycles. The van der Waals surface area contributed by atoms with Crippen LogP contribution in [-0.4, -0.2) is 43.8 Å². The lowest BCUT2D eigenvalue weighted by molar-refractivity contribution is -0.259. The highest BCUT2D eigenvalue weighted by Gasteiger charge is 2.60. The van der Waals surface area contributed by atoms with Gasteiger partial charge in [-0.25, -0.2) is 0 Å². The Hall–Kier alpha value is -1.47. The van der Waals surface area contributed by atoms with Crippen molar-refractivity contribution in [2.24, 2.45) is 5.41 Å². The maximum absolute atomic E-state index is 13.0. The third-order valence-corrected chi connectivity index (χ3v) is 6.79. The lowest BCUT2D eigenvalue weighted by Crippen LogP contribution is -2.54. The minimum Gasteiger partial charge on any atom is -0.469 e. The SMILES string of the molecule is CC1(CC/C=C\C(=O)C[C@@]2(C)[C@H](c3ccco3)CCCC23OCCO3)OCCO1. The maximum Gasteiger partial charge on any atom is 0.174 e. The molecule has 29 heavy (non-hydrogen) atoms. The molecule has 160 valence electrons. The Balaban J connectivity index is 1.46. The van der Waals surface area contributed by atoms with Gasteiger partial charge < -0.3 is 23.4 Å². The Labute approximate surface area is 172 Å². The quantitative estimate of drug-likeness (QED) is 0.629. The van der Waals surface area contributed by atoms with Gasteiger partial charge in [-0.05, 0) is 44.4 Å². The molecule has 2 saturated heterocycles. The minimum atomic E-state index is -0.717. The van der Waals surface area contributed by atoms with Gasteiger partial charge in [0.15, 0.2) is 17.4 Å². The Kier molecular flexibility index (Phi) is 5.98. The first kappa shape index (κ1) is 20.8. The zero-order valence-electron chi connectivity index (χ0n) is 17.5. The van der Waals surface area contributed by atoms with Crippen LogP contribution in [0.2, 0.25) is 0 Å². The molecule has 3 fully saturated rings. The fourth-order valence-electron chi connectivity index (χ4n) is 5.22. The second-order valence-corrected chi connectivity index (χ2v) is 8.74. The molecule has 3 heterocycles. The number of furan rings is 1. The van der Waals surface area contributed by atoms with Crippen LogP contribution in [-0.2, 0) is 23.7 Å². The first-order chi connectivity index (χ1) is 14.0. The topological polar surface area (TPSA) is 67.1 Å². The zero-order valence-corrected chi connectivity index (χ0v) is 17.5. The summed E-state index contributed by atoms with van der Waals surface area (Å²) >= 11 is 0. The van der Waals surface area contributed by atoms with Gasteiger partial charge in [0.25, 0.3) is 0 Å². The molecule has 6 heteroatoms. The third kappa shape index (κ3) is 4.08. The number of ketones is 1. The van der Waals surface area contributed by atoms with E-state index in [9.17, 15) is 4.79 Å². The van der Waals surface area contributed by atoms with Gasteiger partial charge in [0.05, 0.1) is 32.7 Å². The molecule has 4 rings (SSSR count). The molecule has 0 aromatic carbocycles. The van der Waals surface area contributed by atoms with Gasteiger partial charge in [-0.2, -0.15) is 0 Å². The fraction of sp³-hybridized carbons (Fsp3) is 0.696. The summed E-state index contributed by atoms with van der Waals surface area (Å²) in [6, 6.07) is 3.91. The van der Waals surface area contributed by atoms with Crippen molar-refractivity contribution in [3.63, 3.8) is 0 Å². The molecule has 3 aliphatic rings. The smallest absolute Gasteiger partial charge is 0.174 e. The van der Waals surface area contributed by atoms with Gasteiger partial charge in [-0.3, -0.25) is 4.79 Å². The molecule has 1 aliphatic carbocycles. The number of carbonyl (C=O) groups is 1. The van der Waals surface area contributed by atoms with Crippen LogP contribution in [0.15, 0.2) is 35.0 Å². The second kappa shape index (κ2) is 8.34. The van der Waals surface area contributed by atoms with Crippen molar-refractivity contribution in [2.45, 2.75) is 69.9 Å². The molecule has 0 bridgehead atoms. The molecule has 2 atom stereocenters. The summed E-state index contributed by atoms with van der Waals surface area (Å²) in [7, 11) is 0. The van der Waals surface area contributed by atoms with E-state index in [4.69, 9.17) is 23.4 Å². The summed E-state index contributed by atoms with van der Waals surface area (Å²) < 4.78 is 29.3. The van der Waals surface area contributed by atoms with E-state index in [1.54, 1.807) is 12.3 Å². The summed E-state index contributed by atoms with van der Waals surface area (Å²) in [5.41, 5.74) is -0.481. The molecular formula is C23H32O6. The number of hydrogen-bond acceptors (Lipinski definition) is 6. The molecule has 1 aromatic heterocycles. The molecule has 0 N–H and O–H groups in total. The summed E-state index contributed by atoms with van der Waals surface area (Å²) in [5, 5.41) is 0. The lowest BCUT2D eigenvalue weighted by Gasteiger charge is -2.51. The number of carbonyl (C=O) groups excluding carboxylic acids is 1. The molecular weight excluding hydrogens is 372 g/mol. The predicted octanol–water partition coefficient (Wildman–Crippen LogP) is 4.36. The van der Waals surface area contributed by atoms with Crippen LogP contribution in [0.3, 0.4) is 0 Å². The molecule has 1 aromatic rings. The van der Waals surface area contributed by atoms with Crippen LogP contribution in [0.4, 0.5) is 0 Å². The van der Waals surface area contributed by atoms with Crippen molar-refractivity contribution >= 4 is 5.78 Å². The average Bonchev–Trinajstić information content (AvgIpc) is 3.44. The minimum absolute atomic E-state index is 0.0842. The van der Waals surface area contributed by atoms with Crippen molar-refractivity contribution in [1.29, 1.82) is 0 Å². The standard InChI is InChI=1S/C23H32O6/c1-21(17-18(24)7-3-4-10-22(2)26-13-14-27-22)19(20-9-6-12-25-20)8-5-11-23(21)28-15-16-29-23/h3,6-7,9,12,19H,4-5,8,10-11,13-17H2,1-2H3/b7-3-/t19-,21-/m0/s1. The van der Waals surface area contributed by atoms with E-state index in [1.165, 1.54) is 0 Å². The first-order valence-electron chi connectivity index (χ1n) is 10.8. The highest BCUT2D eigenvalue weighted by Crippen LogP contribution is 2.58. The molecule has 0 unspecified atom stereocenters. The highest BCUT2D eigenvalue weighted by atomic mass is 16.7. The fourth-order valence-corrected chi connectivity index (χ4v) is 5.22. The van der Waals surface area contributed by atoms with Crippen molar-refractivity contribution in [2.75, 3.05) is 26.4 Å². The predicted molar refractivity (Wildman–Crippen MR) is 106 cm³/mol. The van der Waals surface area contributed by atoms with E-state index in [-0.39, 0.29) is 11.7 Å². The molecule has 1 saturated carbocycles. The van der Waals surface area contributed by atoms with E-state index in [0.717, 1.165) is 37.9 Å². The number of allylic oxidation sites excluding steroid dienone is 2. The average molecular weight is 405 g/mol. The summed E-state index contributed by atoms with van der Waals surface area (Å²) in [6.45, 7) is 6.48. The summed E-state index contributed by atoms with van der Waals surface area (Å²) in [6.07, 6.45) is 9.91. The van der Waals surface area contributed by atoms with Gasteiger partial charge in [-0.1, -0.05) is 13.0 Å².